The van der Waals surface area contributed by atoms with E-state index in [0.717, 1.165) is 32.3 Å². The number of amides is 1. The number of aromatic amines is 1. The van der Waals surface area contributed by atoms with Gasteiger partial charge in [0.15, 0.2) is 0 Å². The van der Waals surface area contributed by atoms with Gasteiger partial charge in [-0.15, -0.1) is 0 Å². The van der Waals surface area contributed by atoms with Crippen LogP contribution in [0.25, 0.3) is 11.6 Å². The number of hydrogen-bond acceptors (Lipinski definition) is 1. The first-order valence-electron chi connectivity index (χ1n) is 8.68. The van der Waals surface area contributed by atoms with Crippen molar-refractivity contribution >= 4 is 55.1 Å². The molecule has 0 bridgehead atoms. The second-order valence-electron chi connectivity index (χ2n) is 7.22. The summed E-state index contributed by atoms with van der Waals surface area (Å²) in [4.78, 5) is 16.0. The van der Waals surface area contributed by atoms with E-state index in [1.54, 1.807) is 0 Å². The zero-order chi connectivity index (χ0) is 17.7. The van der Waals surface area contributed by atoms with Gasteiger partial charge in [0.2, 0.25) is 0 Å². The largest absolute Gasteiger partial charge is 0.359 e. The predicted molar refractivity (Wildman–Crippen MR) is 110 cm³/mol. The third-order valence-electron chi connectivity index (χ3n) is 5.23. The van der Waals surface area contributed by atoms with Crippen molar-refractivity contribution in [3.05, 3.63) is 49.7 Å². The first-order valence-corrected chi connectivity index (χ1v) is 10.3. The Morgan fingerprint density at radius 1 is 1.24 bits per heavy atom. The van der Waals surface area contributed by atoms with Gasteiger partial charge in [-0.1, -0.05) is 29.8 Å². The lowest BCUT2D eigenvalue weighted by Crippen LogP contribution is -2.13. The minimum atomic E-state index is -0.0539. The molecule has 1 atom stereocenters. The Labute approximate surface area is 164 Å². The maximum Gasteiger partial charge on any atom is 0.256 e. The number of anilines is 1. The average Bonchev–Trinajstić information content (AvgIpc) is 3.09. The highest BCUT2D eigenvalue weighted by Gasteiger charge is 2.28. The van der Waals surface area contributed by atoms with Crippen molar-refractivity contribution < 1.29 is 4.79 Å². The van der Waals surface area contributed by atoms with E-state index in [1.807, 2.05) is 18.2 Å². The minimum Gasteiger partial charge on any atom is -0.359 e. The zero-order valence-corrected chi connectivity index (χ0v) is 17.4. The van der Waals surface area contributed by atoms with E-state index < -0.39 is 0 Å². The molecule has 3 nitrogen and oxygen atoms in total. The van der Waals surface area contributed by atoms with Gasteiger partial charge in [-0.25, -0.2) is 0 Å². The summed E-state index contributed by atoms with van der Waals surface area (Å²) in [5.74, 6) is 1.19. The Kier molecular flexibility index (Phi) is 4.40. The van der Waals surface area contributed by atoms with E-state index in [4.69, 9.17) is 0 Å². The lowest BCUT2D eigenvalue weighted by atomic mass is 9.80. The van der Waals surface area contributed by atoms with Gasteiger partial charge in [-0.2, -0.15) is 0 Å². The molecule has 0 saturated heterocycles. The van der Waals surface area contributed by atoms with Crippen molar-refractivity contribution in [2.24, 2.45) is 5.92 Å². The highest BCUT2D eigenvalue weighted by Crippen LogP contribution is 2.41. The number of carbonyl (C=O) groups is 1. The SMILES string of the molecule is CC(C)C1CCCc2[nH]c(C=C3C(=O)Nc4c(Br)cc(Br)cc43)cc21. The number of halogens is 2. The number of benzene rings is 1. The number of aryl methyl sites for hydroxylation is 1. The molecule has 2 aliphatic rings. The molecule has 2 aromatic rings. The fourth-order valence-electron chi connectivity index (χ4n) is 4.01. The summed E-state index contributed by atoms with van der Waals surface area (Å²) in [7, 11) is 0. The summed E-state index contributed by atoms with van der Waals surface area (Å²) in [6.45, 7) is 4.58. The molecule has 130 valence electrons. The van der Waals surface area contributed by atoms with Gasteiger partial charge >= 0.3 is 0 Å². The quantitative estimate of drug-likeness (QED) is 0.518. The van der Waals surface area contributed by atoms with E-state index in [2.05, 4.69) is 62.1 Å². The highest BCUT2D eigenvalue weighted by molar-refractivity contribution is 9.11. The van der Waals surface area contributed by atoms with Crippen LogP contribution in [0.4, 0.5) is 5.69 Å². The number of hydrogen-bond donors (Lipinski definition) is 2. The molecule has 1 unspecified atom stereocenters. The Balaban J connectivity index is 1.77. The topological polar surface area (TPSA) is 44.9 Å². The standard InChI is InChI=1S/C20H20Br2N2O/c1-10(2)13-4-3-5-18-14(13)8-12(23-18)9-16-15-6-11(21)7-17(22)19(15)24-20(16)25/h6-10,13,23H,3-5H2,1-2H3,(H,24,25). The minimum absolute atomic E-state index is 0.0539. The molecule has 0 radical (unpaired) electrons. The van der Waals surface area contributed by atoms with E-state index in [9.17, 15) is 4.79 Å². The fraction of sp³-hybridized carbons (Fsp3) is 0.350. The molecular weight excluding hydrogens is 444 g/mol. The van der Waals surface area contributed by atoms with Crippen LogP contribution in [-0.2, 0) is 11.2 Å². The first-order chi connectivity index (χ1) is 11.9. The molecule has 2 heterocycles. The Morgan fingerprint density at radius 3 is 2.80 bits per heavy atom. The van der Waals surface area contributed by atoms with Crippen molar-refractivity contribution in [3.8, 4) is 0 Å². The second-order valence-corrected chi connectivity index (χ2v) is 8.99. The molecule has 1 aliphatic heterocycles. The van der Waals surface area contributed by atoms with Gasteiger partial charge in [-0.3, -0.25) is 4.79 Å². The number of nitrogens with one attached hydrogen (secondary N) is 2. The normalized spacial score (nSPS) is 20.8. The second kappa shape index (κ2) is 6.44. The van der Waals surface area contributed by atoms with Crippen LogP contribution in [0.3, 0.4) is 0 Å². The first kappa shape index (κ1) is 17.1. The summed E-state index contributed by atoms with van der Waals surface area (Å²) in [6, 6.07) is 6.18. The molecule has 1 aromatic carbocycles. The molecule has 4 rings (SSSR count). The summed E-state index contributed by atoms with van der Waals surface area (Å²) < 4.78 is 1.84. The fourth-order valence-corrected chi connectivity index (χ4v) is 5.34. The van der Waals surface area contributed by atoms with Crippen LogP contribution in [-0.4, -0.2) is 10.9 Å². The molecule has 1 aromatic heterocycles. The third-order valence-corrected chi connectivity index (χ3v) is 6.31. The Hall–Kier alpha value is -1.33. The molecule has 0 saturated carbocycles. The van der Waals surface area contributed by atoms with Gasteiger partial charge in [0.05, 0.1) is 11.3 Å². The number of H-pyrrole nitrogens is 1. The van der Waals surface area contributed by atoms with Crippen LogP contribution >= 0.6 is 31.9 Å². The van der Waals surface area contributed by atoms with E-state index >= 15 is 0 Å². The molecule has 5 heteroatoms. The zero-order valence-electron chi connectivity index (χ0n) is 14.2. The van der Waals surface area contributed by atoms with Crippen LogP contribution < -0.4 is 5.32 Å². The van der Waals surface area contributed by atoms with Gasteiger partial charge in [0, 0.05) is 25.9 Å². The van der Waals surface area contributed by atoms with Crippen molar-refractivity contribution in [1.82, 2.24) is 4.98 Å². The van der Waals surface area contributed by atoms with Crippen LogP contribution in [0.15, 0.2) is 27.1 Å². The van der Waals surface area contributed by atoms with Gasteiger partial charge in [0.25, 0.3) is 5.91 Å². The third kappa shape index (κ3) is 3.02. The molecule has 0 spiro atoms. The summed E-state index contributed by atoms with van der Waals surface area (Å²) >= 11 is 7.04. The van der Waals surface area contributed by atoms with E-state index in [1.165, 1.54) is 24.1 Å². The number of aromatic nitrogens is 1. The molecule has 1 aliphatic carbocycles. The summed E-state index contributed by atoms with van der Waals surface area (Å²) in [5.41, 5.74) is 6.27. The lowest BCUT2D eigenvalue weighted by Gasteiger charge is -2.25. The molecule has 25 heavy (non-hydrogen) atoms. The maximum absolute atomic E-state index is 12.5. The smallest absolute Gasteiger partial charge is 0.256 e. The van der Waals surface area contributed by atoms with Crippen molar-refractivity contribution in [3.63, 3.8) is 0 Å². The monoisotopic (exact) mass is 462 g/mol. The average molecular weight is 464 g/mol. The van der Waals surface area contributed by atoms with Gasteiger partial charge in [-0.05, 0) is 76.9 Å². The Morgan fingerprint density at radius 2 is 2.04 bits per heavy atom. The molecule has 1 amide bonds. The Bertz CT molecular complexity index is 895. The molecular formula is C20H20Br2N2O. The van der Waals surface area contributed by atoms with E-state index in [-0.39, 0.29) is 5.91 Å². The van der Waals surface area contributed by atoms with Crippen LogP contribution in [0.1, 0.15) is 55.1 Å². The summed E-state index contributed by atoms with van der Waals surface area (Å²) in [5, 5.41) is 2.96. The number of carbonyl (C=O) groups excluding carboxylic acids is 1. The van der Waals surface area contributed by atoms with Crippen molar-refractivity contribution in [1.29, 1.82) is 0 Å². The van der Waals surface area contributed by atoms with Crippen LogP contribution in [0.5, 0.6) is 0 Å². The van der Waals surface area contributed by atoms with E-state index in [0.29, 0.717) is 17.4 Å². The number of rotatable bonds is 2. The van der Waals surface area contributed by atoms with Crippen molar-refractivity contribution in [2.45, 2.75) is 39.0 Å². The lowest BCUT2D eigenvalue weighted by molar-refractivity contribution is -0.110. The summed E-state index contributed by atoms with van der Waals surface area (Å²) in [6.07, 6.45) is 5.56. The van der Waals surface area contributed by atoms with Crippen LogP contribution in [0, 0.1) is 5.92 Å². The maximum atomic E-state index is 12.5. The predicted octanol–water partition coefficient (Wildman–Crippen LogP) is 6.11. The number of fused-ring (bicyclic) bond motifs is 2. The highest BCUT2D eigenvalue weighted by atomic mass is 79.9. The van der Waals surface area contributed by atoms with Crippen LogP contribution in [0.2, 0.25) is 0 Å². The van der Waals surface area contributed by atoms with Gasteiger partial charge in [0.1, 0.15) is 0 Å². The van der Waals surface area contributed by atoms with Gasteiger partial charge < -0.3 is 10.3 Å². The molecule has 0 fully saturated rings. The molecule has 2 N–H and O–H groups in total. The van der Waals surface area contributed by atoms with Crippen molar-refractivity contribution in [2.75, 3.05) is 5.32 Å².